The van der Waals surface area contributed by atoms with Gasteiger partial charge >= 0.3 is 11.9 Å². The summed E-state index contributed by atoms with van der Waals surface area (Å²) in [6, 6.07) is 6.91. The first-order valence-corrected chi connectivity index (χ1v) is 7.12. The van der Waals surface area contributed by atoms with Crippen molar-refractivity contribution >= 4 is 29.0 Å². The number of carboxylic acids is 1. The number of anilines is 1. The molecule has 0 saturated carbocycles. The van der Waals surface area contributed by atoms with Gasteiger partial charge in [0.1, 0.15) is 0 Å². The number of benzene rings is 1. The van der Waals surface area contributed by atoms with Gasteiger partial charge in [-0.1, -0.05) is 6.07 Å². The lowest BCUT2D eigenvalue weighted by atomic mass is 10.1. The third kappa shape index (κ3) is 3.61. The van der Waals surface area contributed by atoms with Crippen LogP contribution in [0.5, 0.6) is 0 Å². The topological polar surface area (TPSA) is 75.6 Å². The largest absolute Gasteiger partial charge is 0.478 e. The first-order chi connectivity index (χ1) is 10.0. The van der Waals surface area contributed by atoms with Gasteiger partial charge in [0, 0.05) is 22.5 Å². The van der Waals surface area contributed by atoms with Crippen molar-refractivity contribution in [3.05, 3.63) is 51.2 Å². The van der Waals surface area contributed by atoms with E-state index < -0.39 is 5.97 Å². The second-order valence-electron chi connectivity index (χ2n) is 4.48. The maximum Gasteiger partial charge on any atom is 0.337 e. The van der Waals surface area contributed by atoms with E-state index in [9.17, 15) is 9.59 Å². The monoisotopic (exact) mass is 305 g/mol. The third-order valence-corrected chi connectivity index (χ3v) is 3.95. The molecule has 0 saturated heterocycles. The Labute approximate surface area is 126 Å². The Morgan fingerprint density at radius 3 is 2.67 bits per heavy atom. The van der Waals surface area contributed by atoms with Crippen LogP contribution in [0.25, 0.3) is 0 Å². The van der Waals surface area contributed by atoms with Crippen molar-refractivity contribution in [1.29, 1.82) is 0 Å². The number of carbonyl (C=O) groups is 2. The molecule has 21 heavy (non-hydrogen) atoms. The predicted octanol–water partition coefficient (Wildman–Crippen LogP) is 3.15. The number of hydrogen-bond acceptors (Lipinski definition) is 5. The van der Waals surface area contributed by atoms with E-state index in [-0.39, 0.29) is 11.5 Å². The fourth-order valence-electron chi connectivity index (χ4n) is 1.83. The normalized spacial score (nSPS) is 10.2. The van der Waals surface area contributed by atoms with Crippen LogP contribution >= 0.6 is 11.3 Å². The van der Waals surface area contributed by atoms with Crippen molar-refractivity contribution in [2.24, 2.45) is 0 Å². The molecule has 0 bridgehead atoms. The molecular formula is C15H15NO4S. The number of nitrogens with one attached hydrogen (secondary N) is 1. The summed E-state index contributed by atoms with van der Waals surface area (Å²) in [6.07, 6.45) is 0. The lowest BCUT2D eigenvalue weighted by Gasteiger charge is -2.10. The molecule has 1 aromatic heterocycles. The highest BCUT2D eigenvalue weighted by molar-refractivity contribution is 7.10. The van der Waals surface area contributed by atoms with Crippen molar-refractivity contribution in [2.75, 3.05) is 12.4 Å². The number of hydrogen-bond donors (Lipinski definition) is 2. The highest BCUT2D eigenvalue weighted by Crippen LogP contribution is 2.21. The van der Waals surface area contributed by atoms with Gasteiger partial charge in [0.15, 0.2) is 0 Å². The zero-order valence-electron chi connectivity index (χ0n) is 11.7. The Kier molecular flexibility index (Phi) is 4.59. The van der Waals surface area contributed by atoms with Gasteiger partial charge in [0.05, 0.1) is 18.2 Å². The van der Waals surface area contributed by atoms with Crippen molar-refractivity contribution in [1.82, 2.24) is 0 Å². The van der Waals surface area contributed by atoms with Crippen LogP contribution in [0.1, 0.15) is 31.2 Å². The minimum atomic E-state index is -0.929. The Morgan fingerprint density at radius 1 is 1.29 bits per heavy atom. The first-order valence-electron chi connectivity index (χ1n) is 6.25. The molecule has 0 radical (unpaired) electrons. The molecule has 2 rings (SSSR count). The van der Waals surface area contributed by atoms with E-state index in [0.717, 1.165) is 16.1 Å². The zero-order chi connectivity index (χ0) is 15.4. The van der Waals surface area contributed by atoms with Crippen LogP contribution in [-0.4, -0.2) is 24.2 Å². The summed E-state index contributed by atoms with van der Waals surface area (Å²) in [6.45, 7) is 2.43. The second-order valence-corrected chi connectivity index (χ2v) is 5.48. The van der Waals surface area contributed by atoms with Gasteiger partial charge in [-0.2, -0.15) is 0 Å². The van der Waals surface area contributed by atoms with Crippen LogP contribution in [0, 0.1) is 6.92 Å². The van der Waals surface area contributed by atoms with Crippen molar-refractivity contribution < 1.29 is 19.4 Å². The summed E-state index contributed by atoms with van der Waals surface area (Å²) in [5, 5.41) is 13.7. The van der Waals surface area contributed by atoms with E-state index in [1.807, 2.05) is 13.0 Å². The molecule has 0 unspecified atom stereocenters. The van der Waals surface area contributed by atoms with Crippen LogP contribution < -0.4 is 5.32 Å². The number of aromatic carboxylic acids is 1. The van der Waals surface area contributed by atoms with E-state index >= 15 is 0 Å². The van der Waals surface area contributed by atoms with E-state index in [0.29, 0.717) is 12.1 Å². The average molecular weight is 305 g/mol. The number of thiophene rings is 1. The summed E-state index contributed by atoms with van der Waals surface area (Å²) in [4.78, 5) is 23.3. The van der Waals surface area contributed by atoms with Crippen LogP contribution in [-0.2, 0) is 11.3 Å². The number of ether oxygens (including phenoxy) is 1. The molecule has 0 spiro atoms. The van der Waals surface area contributed by atoms with E-state index in [4.69, 9.17) is 9.84 Å². The van der Waals surface area contributed by atoms with Gasteiger partial charge in [-0.15, -0.1) is 11.3 Å². The molecule has 0 aliphatic carbocycles. The van der Waals surface area contributed by atoms with E-state index in [2.05, 4.69) is 5.32 Å². The van der Waals surface area contributed by atoms with Crippen molar-refractivity contribution in [2.45, 2.75) is 13.5 Å². The van der Waals surface area contributed by atoms with Crippen LogP contribution in [0.4, 0.5) is 5.69 Å². The maximum atomic E-state index is 11.5. The summed E-state index contributed by atoms with van der Waals surface area (Å²) in [5.74, 6) is -1.32. The van der Waals surface area contributed by atoms with Gasteiger partial charge in [-0.25, -0.2) is 9.59 Å². The molecule has 1 aromatic carbocycles. The summed E-state index contributed by atoms with van der Waals surface area (Å²) in [5.41, 5.74) is 2.58. The number of carboxylic acid groups (broad SMARTS) is 1. The summed E-state index contributed by atoms with van der Waals surface area (Å²) in [7, 11) is 1.34. The molecule has 5 nitrogen and oxygen atoms in total. The fourth-order valence-corrected chi connectivity index (χ4v) is 2.62. The van der Waals surface area contributed by atoms with Gasteiger partial charge in [0.25, 0.3) is 0 Å². The average Bonchev–Trinajstić information content (AvgIpc) is 2.94. The molecule has 1 heterocycles. The highest BCUT2D eigenvalue weighted by Gasteiger charge is 2.09. The number of rotatable bonds is 5. The standard InChI is InChI=1S/C15H15NO4S/c1-9-3-4-10(15(19)20-2)6-13(9)16-7-12-5-11(8-21-12)14(17)18/h3-6,8,16H,7H2,1-2H3,(H,17,18). The molecule has 0 fully saturated rings. The Morgan fingerprint density at radius 2 is 2.05 bits per heavy atom. The van der Waals surface area contributed by atoms with Gasteiger partial charge in [-0.05, 0) is 30.7 Å². The molecule has 0 aliphatic heterocycles. The van der Waals surface area contributed by atoms with Crippen molar-refractivity contribution in [3.8, 4) is 0 Å². The lowest BCUT2D eigenvalue weighted by molar-refractivity contribution is 0.0600. The second kappa shape index (κ2) is 6.41. The molecule has 110 valence electrons. The maximum absolute atomic E-state index is 11.5. The Bertz CT molecular complexity index is 678. The molecular weight excluding hydrogens is 290 g/mol. The summed E-state index contributed by atoms with van der Waals surface area (Å²) >= 11 is 1.38. The first kappa shape index (κ1) is 15.1. The zero-order valence-corrected chi connectivity index (χ0v) is 12.5. The number of methoxy groups -OCH3 is 1. The SMILES string of the molecule is COC(=O)c1ccc(C)c(NCc2cc(C(=O)O)cs2)c1. The minimum absolute atomic E-state index is 0.289. The summed E-state index contributed by atoms with van der Waals surface area (Å²) < 4.78 is 4.69. The predicted molar refractivity (Wildman–Crippen MR) is 81.1 cm³/mol. The highest BCUT2D eigenvalue weighted by atomic mass is 32.1. The van der Waals surface area contributed by atoms with Gasteiger partial charge in [-0.3, -0.25) is 0 Å². The smallest absolute Gasteiger partial charge is 0.337 e. The molecule has 2 aromatic rings. The third-order valence-electron chi connectivity index (χ3n) is 3.01. The Hall–Kier alpha value is -2.34. The quantitative estimate of drug-likeness (QED) is 0.830. The Balaban J connectivity index is 2.11. The van der Waals surface area contributed by atoms with E-state index in [1.54, 1.807) is 23.6 Å². The van der Waals surface area contributed by atoms with Crippen LogP contribution in [0.2, 0.25) is 0 Å². The van der Waals surface area contributed by atoms with Gasteiger partial charge < -0.3 is 15.2 Å². The fraction of sp³-hybridized carbons (Fsp3) is 0.200. The molecule has 0 atom stereocenters. The number of aryl methyl sites for hydroxylation is 1. The molecule has 0 amide bonds. The van der Waals surface area contributed by atoms with Crippen LogP contribution in [0.3, 0.4) is 0 Å². The van der Waals surface area contributed by atoms with Crippen LogP contribution in [0.15, 0.2) is 29.6 Å². The van der Waals surface area contributed by atoms with Gasteiger partial charge in [0.2, 0.25) is 0 Å². The van der Waals surface area contributed by atoms with Crippen molar-refractivity contribution in [3.63, 3.8) is 0 Å². The lowest BCUT2D eigenvalue weighted by Crippen LogP contribution is -2.05. The van der Waals surface area contributed by atoms with E-state index in [1.165, 1.54) is 18.4 Å². The molecule has 0 aliphatic rings. The molecule has 6 heteroatoms. The minimum Gasteiger partial charge on any atom is -0.478 e. The number of carbonyl (C=O) groups excluding carboxylic acids is 1. The number of esters is 1. The molecule has 2 N–H and O–H groups in total.